The number of nitrogens with one attached hydrogen (secondary N) is 1. The average Bonchev–Trinajstić information content (AvgIpc) is 3.24. The van der Waals surface area contributed by atoms with Crippen LogP contribution in [-0.4, -0.2) is 32.6 Å². The van der Waals surface area contributed by atoms with Crippen molar-refractivity contribution in [1.29, 1.82) is 0 Å². The van der Waals surface area contributed by atoms with Crippen molar-refractivity contribution in [2.75, 3.05) is 6.54 Å². The topological polar surface area (TPSA) is 52.2 Å². The molecule has 4 nitrogen and oxygen atoms in total. The third-order valence-corrected chi connectivity index (χ3v) is 6.45. The summed E-state index contributed by atoms with van der Waals surface area (Å²) in [5, 5.41) is 12.5. The van der Waals surface area contributed by atoms with E-state index in [-0.39, 0.29) is 0 Å². The first-order valence-corrected chi connectivity index (χ1v) is 10.0. The molecular weight excluding hydrogens is 334 g/mol. The molecule has 0 saturated carbocycles. The predicted molar refractivity (Wildman–Crippen MR) is 108 cm³/mol. The van der Waals surface area contributed by atoms with Gasteiger partial charge in [0, 0.05) is 60.0 Å². The van der Waals surface area contributed by atoms with E-state index in [1.165, 1.54) is 52.7 Å². The summed E-state index contributed by atoms with van der Waals surface area (Å²) in [4.78, 5) is 10.6. The zero-order valence-corrected chi connectivity index (χ0v) is 16.1. The van der Waals surface area contributed by atoms with Crippen molar-refractivity contribution in [3.8, 4) is 0 Å². The standard InChI is InChI=1S/C23H27N3O/c1-15-9-16(12-23(2,27)17-5-3-7-24-13-17)22-19(10-15)20-14-26-8-4-6-18(26)11-21(20)25-22/h3,5,7,9-10,13,18,25,27H,4,6,8,11-12,14H2,1-2H3. The van der Waals surface area contributed by atoms with Gasteiger partial charge in [-0.2, -0.15) is 0 Å². The third kappa shape index (κ3) is 2.88. The Bertz CT molecular complexity index is 990. The van der Waals surface area contributed by atoms with Crippen molar-refractivity contribution in [1.82, 2.24) is 14.9 Å². The highest BCUT2D eigenvalue weighted by Gasteiger charge is 2.33. The first-order chi connectivity index (χ1) is 13.0. The molecule has 2 aromatic heterocycles. The van der Waals surface area contributed by atoms with Gasteiger partial charge in [-0.1, -0.05) is 17.7 Å². The Balaban J connectivity index is 1.58. The maximum absolute atomic E-state index is 11.2. The molecule has 0 aliphatic carbocycles. The predicted octanol–water partition coefficient (Wildman–Crippen LogP) is 3.84. The number of pyridine rings is 1. The number of nitrogens with zero attached hydrogens (tertiary/aromatic N) is 2. The number of aryl methyl sites for hydroxylation is 1. The van der Waals surface area contributed by atoms with Crippen molar-refractivity contribution < 1.29 is 5.11 Å². The van der Waals surface area contributed by atoms with E-state index in [1.54, 1.807) is 12.4 Å². The second-order valence-corrected chi connectivity index (χ2v) is 8.59. The quantitative estimate of drug-likeness (QED) is 0.745. The van der Waals surface area contributed by atoms with Crippen LogP contribution in [0.1, 0.15) is 47.7 Å². The molecule has 0 spiro atoms. The van der Waals surface area contributed by atoms with Crippen LogP contribution in [0.25, 0.3) is 10.9 Å². The maximum atomic E-state index is 11.2. The molecule has 1 saturated heterocycles. The lowest BCUT2D eigenvalue weighted by Gasteiger charge is -2.29. The number of hydrogen-bond acceptors (Lipinski definition) is 3. The largest absolute Gasteiger partial charge is 0.385 e. The summed E-state index contributed by atoms with van der Waals surface area (Å²) in [6.45, 7) is 6.33. The molecule has 27 heavy (non-hydrogen) atoms. The highest BCUT2D eigenvalue weighted by atomic mass is 16.3. The normalized spacial score (nSPS) is 21.8. The molecular formula is C23H27N3O. The van der Waals surface area contributed by atoms with Crippen molar-refractivity contribution >= 4 is 10.9 Å². The molecule has 1 aromatic carbocycles. The van der Waals surface area contributed by atoms with Crippen LogP contribution in [0.5, 0.6) is 0 Å². The van der Waals surface area contributed by atoms with Crippen LogP contribution in [-0.2, 0) is 25.0 Å². The molecule has 3 aromatic rings. The van der Waals surface area contributed by atoms with Gasteiger partial charge in [-0.15, -0.1) is 0 Å². The number of rotatable bonds is 3. The summed E-state index contributed by atoms with van der Waals surface area (Å²) in [5.74, 6) is 0. The minimum atomic E-state index is -0.944. The minimum Gasteiger partial charge on any atom is -0.385 e. The van der Waals surface area contributed by atoms with Gasteiger partial charge in [0.05, 0.1) is 5.60 Å². The molecule has 140 valence electrons. The maximum Gasteiger partial charge on any atom is 0.0924 e. The van der Waals surface area contributed by atoms with E-state index in [0.29, 0.717) is 12.5 Å². The lowest BCUT2D eigenvalue weighted by Crippen LogP contribution is -2.34. The fourth-order valence-corrected chi connectivity index (χ4v) is 5.06. The summed E-state index contributed by atoms with van der Waals surface area (Å²) >= 11 is 0. The SMILES string of the molecule is Cc1cc(CC(C)(O)c2cccnc2)c2[nH]c3c(c2c1)CN1CCCC1C3. The van der Waals surface area contributed by atoms with Crippen molar-refractivity contribution in [3.63, 3.8) is 0 Å². The van der Waals surface area contributed by atoms with Gasteiger partial charge in [-0.25, -0.2) is 0 Å². The molecule has 1 fully saturated rings. The Kier molecular flexibility index (Phi) is 3.88. The van der Waals surface area contributed by atoms with Crippen LogP contribution in [0.2, 0.25) is 0 Å². The average molecular weight is 361 g/mol. The van der Waals surface area contributed by atoms with E-state index in [9.17, 15) is 5.11 Å². The van der Waals surface area contributed by atoms with Gasteiger partial charge in [0.1, 0.15) is 0 Å². The molecule has 4 heterocycles. The highest BCUT2D eigenvalue weighted by Crippen LogP contribution is 2.37. The first kappa shape index (κ1) is 17.0. The Morgan fingerprint density at radius 3 is 3.07 bits per heavy atom. The Hall–Kier alpha value is -2.17. The monoisotopic (exact) mass is 361 g/mol. The number of fused-ring (bicyclic) bond motifs is 4. The smallest absolute Gasteiger partial charge is 0.0924 e. The van der Waals surface area contributed by atoms with Crippen molar-refractivity contribution in [3.05, 3.63) is 64.6 Å². The number of aromatic nitrogens is 2. The third-order valence-electron chi connectivity index (χ3n) is 6.45. The van der Waals surface area contributed by atoms with Gasteiger partial charge in [-0.3, -0.25) is 9.88 Å². The fourth-order valence-electron chi connectivity index (χ4n) is 5.06. The van der Waals surface area contributed by atoms with Gasteiger partial charge in [-0.05, 0) is 56.5 Å². The van der Waals surface area contributed by atoms with Gasteiger partial charge in [0.15, 0.2) is 0 Å². The lowest BCUT2D eigenvalue weighted by atomic mass is 9.88. The Morgan fingerprint density at radius 1 is 1.37 bits per heavy atom. The number of aromatic amines is 1. The molecule has 5 rings (SSSR count). The second-order valence-electron chi connectivity index (χ2n) is 8.59. The van der Waals surface area contributed by atoms with E-state index >= 15 is 0 Å². The second kappa shape index (κ2) is 6.18. The number of benzene rings is 1. The molecule has 0 amide bonds. The summed E-state index contributed by atoms with van der Waals surface area (Å²) in [7, 11) is 0. The Morgan fingerprint density at radius 2 is 2.26 bits per heavy atom. The first-order valence-electron chi connectivity index (χ1n) is 10.0. The molecule has 2 aliphatic heterocycles. The highest BCUT2D eigenvalue weighted by molar-refractivity contribution is 5.88. The van der Waals surface area contributed by atoms with Crippen LogP contribution in [0, 0.1) is 6.92 Å². The summed E-state index contributed by atoms with van der Waals surface area (Å²) in [6, 6.07) is 9.07. The molecule has 0 radical (unpaired) electrons. The van der Waals surface area contributed by atoms with Gasteiger partial charge in [0.2, 0.25) is 0 Å². The van der Waals surface area contributed by atoms with E-state index in [1.807, 2.05) is 19.1 Å². The van der Waals surface area contributed by atoms with Crippen LogP contribution in [0.4, 0.5) is 0 Å². The van der Waals surface area contributed by atoms with E-state index in [2.05, 4.69) is 33.9 Å². The van der Waals surface area contributed by atoms with E-state index in [4.69, 9.17) is 0 Å². The van der Waals surface area contributed by atoms with Gasteiger partial charge >= 0.3 is 0 Å². The van der Waals surface area contributed by atoms with Gasteiger partial charge in [0.25, 0.3) is 0 Å². The summed E-state index contributed by atoms with van der Waals surface area (Å²) in [6.07, 6.45) is 7.85. The molecule has 2 aliphatic rings. The number of H-pyrrole nitrogens is 1. The molecule has 0 bridgehead atoms. The van der Waals surface area contributed by atoms with E-state index < -0.39 is 5.60 Å². The Labute approximate surface area is 160 Å². The minimum absolute atomic E-state index is 0.573. The molecule has 2 unspecified atom stereocenters. The summed E-state index contributed by atoms with van der Waals surface area (Å²) in [5.41, 5.74) is 6.43. The van der Waals surface area contributed by atoms with Crippen molar-refractivity contribution in [2.24, 2.45) is 0 Å². The van der Waals surface area contributed by atoms with Crippen LogP contribution in [0.3, 0.4) is 0 Å². The summed E-state index contributed by atoms with van der Waals surface area (Å²) < 4.78 is 0. The lowest BCUT2D eigenvalue weighted by molar-refractivity contribution is 0.0575. The van der Waals surface area contributed by atoms with Crippen LogP contribution < -0.4 is 0 Å². The zero-order valence-electron chi connectivity index (χ0n) is 16.1. The zero-order chi connectivity index (χ0) is 18.6. The molecule has 4 heteroatoms. The molecule has 2 atom stereocenters. The van der Waals surface area contributed by atoms with Gasteiger partial charge < -0.3 is 10.1 Å². The number of aliphatic hydroxyl groups is 1. The fraction of sp³-hybridized carbons (Fsp3) is 0.435. The van der Waals surface area contributed by atoms with Crippen molar-refractivity contribution in [2.45, 2.75) is 57.7 Å². The number of hydrogen-bond donors (Lipinski definition) is 2. The molecule has 2 N–H and O–H groups in total. The van der Waals surface area contributed by atoms with Crippen LogP contribution in [0.15, 0.2) is 36.7 Å². The van der Waals surface area contributed by atoms with E-state index in [0.717, 1.165) is 18.5 Å². The van der Waals surface area contributed by atoms with Crippen LogP contribution >= 0.6 is 0 Å².